The van der Waals surface area contributed by atoms with E-state index < -0.39 is 0 Å². The van der Waals surface area contributed by atoms with Gasteiger partial charge in [0.25, 0.3) is 0 Å². The second-order valence-corrected chi connectivity index (χ2v) is 4.57. The first-order chi connectivity index (χ1) is 8.11. The number of benzene rings is 1. The average Bonchev–Trinajstić information content (AvgIpc) is 2.23. The number of hydrogen-bond donors (Lipinski definition) is 2. The van der Waals surface area contributed by atoms with E-state index in [9.17, 15) is 9.18 Å². The van der Waals surface area contributed by atoms with Crippen molar-refractivity contribution in [2.75, 3.05) is 13.1 Å². The van der Waals surface area contributed by atoms with Crippen molar-refractivity contribution in [1.82, 2.24) is 10.6 Å². The van der Waals surface area contributed by atoms with Gasteiger partial charge in [0.1, 0.15) is 5.82 Å². The van der Waals surface area contributed by atoms with Crippen LogP contribution >= 0.6 is 15.9 Å². The van der Waals surface area contributed by atoms with E-state index in [4.69, 9.17) is 0 Å². The van der Waals surface area contributed by atoms with Crippen LogP contribution < -0.4 is 10.6 Å². The maximum atomic E-state index is 13.0. The first-order valence-electron chi connectivity index (χ1n) is 5.54. The van der Waals surface area contributed by atoms with Crippen LogP contribution in [0.2, 0.25) is 0 Å². The molecule has 0 radical (unpaired) electrons. The van der Waals surface area contributed by atoms with Gasteiger partial charge in [-0.3, -0.25) is 4.79 Å². The number of carbonyl (C=O) groups is 1. The topological polar surface area (TPSA) is 41.1 Å². The summed E-state index contributed by atoms with van der Waals surface area (Å²) in [5.41, 5.74) is 0.854. The lowest BCUT2D eigenvalue weighted by molar-refractivity contribution is -0.120. The summed E-state index contributed by atoms with van der Waals surface area (Å²) in [6, 6.07) is 4.74. The molecule has 0 unspecified atom stereocenters. The Hall–Kier alpha value is -0.940. The highest BCUT2D eigenvalue weighted by Gasteiger charge is 2.01. The Morgan fingerprint density at radius 2 is 2.18 bits per heavy atom. The fraction of sp³-hybridized carbons (Fsp3) is 0.417. The molecule has 0 bridgehead atoms. The highest BCUT2D eigenvalue weighted by molar-refractivity contribution is 9.10. The minimum Gasteiger partial charge on any atom is -0.356 e. The van der Waals surface area contributed by atoms with Crippen molar-refractivity contribution < 1.29 is 9.18 Å². The molecule has 0 atom stereocenters. The van der Waals surface area contributed by atoms with Crippen molar-refractivity contribution in [3.8, 4) is 0 Å². The van der Waals surface area contributed by atoms with E-state index in [0.717, 1.165) is 10.0 Å². The predicted octanol–water partition coefficient (Wildman–Crippen LogP) is 2.20. The van der Waals surface area contributed by atoms with Gasteiger partial charge < -0.3 is 10.6 Å². The van der Waals surface area contributed by atoms with E-state index in [2.05, 4.69) is 26.6 Å². The van der Waals surface area contributed by atoms with Crippen molar-refractivity contribution in [2.45, 2.75) is 19.9 Å². The molecule has 0 aliphatic rings. The molecule has 0 saturated heterocycles. The Morgan fingerprint density at radius 3 is 2.82 bits per heavy atom. The van der Waals surface area contributed by atoms with Crippen LogP contribution in [-0.4, -0.2) is 19.0 Å². The second kappa shape index (κ2) is 7.40. The maximum Gasteiger partial charge on any atom is 0.221 e. The third-order valence-corrected chi connectivity index (χ3v) is 2.61. The molecule has 17 heavy (non-hydrogen) atoms. The monoisotopic (exact) mass is 302 g/mol. The van der Waals surface area contributed by atoms with Crippen LogP contribution in [0.3, 0.4) is 0 Å². The van der Waals surface area contributed by atoms with Crippen LogP contribution in [0, 0.1) is 5.82 Å². The zero-order chi connectivity index (χ0) is 12.7. The Balaban J connectivity index is 2.28. The quantitative estimate of drug-likeness (QED) is 0.791. The van der Waals surface area contributed by atoms with Crippen LogP contribution in [0.1, 0.15) is 18.9 Å². The molecule has 0 aliphatic carbocycles. The van der Waals surface area contributed by atoms with Gasteiger partial charge in [0.15, 0.2) is 0 Å². The molecule has 1 aromatic carbocycles. The van der Waals surface area contributed by atoms with Gasteiger partial charge in [0.05, 0.1) is 0 Å². The number of amides is 1. The molecule has 2 N–H and O–H groups in total. The van der Waals surface area contributed by atoms with Crippen LogP contribution in [0.4, 0.5) is 4.39 Å². The zero-order valence-corrected chi connectivity index (χ0v) is 11.3. The first-order valence-corrected chi connectivity index (χ1v) is 6.33. The molecule has 1 aromatic rings. The number of hydrogen-bond acceptors (Lipinski definition) is 2. The third-order valence-electron chi connectivity index (χ3n) is 2.15. The van der Waals surface area contributed by atoms with E-state index in [0.29, 0.717) is 26.1 Å². The molecule has 0 saturated carbocycles. The molecule has 1 amide bonds. The molecule has 0 fully saturated rings. The number of halogens is 2. The van der Waals surface area contributed by atoms with Crippen molar-refractivity contribution in [3.63, 3.8) is 0 Å². The van der Waals surface area contributed by atoms with Gasteiger partial charge >= 0.3 is 0 Å². The molecule has 3 nitrogen and oxygen atoms in total. The molecule has 0 spiro atoms. The summed E-state index contributed by atoms with van der Waals surface area (Å²) in [6.07, 6.45) is 0.435. The van der Waals surface area contributed by atoms with Gasteiger partial charge in [0.2, 0.25) is 5.91 Å². The van der Waals surface area contributed by atoms with E-state index >= 15 is 0 Å². The highest BCUT2D eigenvalue weighted by atomic mass is 79.9. The van der Waals surface area contributed by atoms with Gasteiger partial charge in [-0.15, -0.1) is 0 Å². The van der Waals surface area contributed by atoms with Gasteiger partial charge in [-0.2, -0.15) is 0 Å². The van der Waals surface area contributed by atoms with Gasteiger partial charge in [-0.1, -0.05) is 15.9 Å². The maximum absolute atomic E-state index is 13.0. The first kappa shape index (κ1) is 14.1. The number of nitrogens with one attached hydrogen (secondary N) is 2. The van der Waals surface area contributed by atoms with Gasteiger partial charge in [-0.05, 0) is 30.7 Å². The zero-order valence-electron chi connectivity index (χ0n) is 9.72. The molecule has 0 aromatic heterocycles. The molecule has 0 aliphatic heterocycles. The highest BCUT2D eigenvalue weighted by Crippen LogP contribution is 2.14. The van der Waals surface area contributed by atoms with Crippen LogP contribution in [0.25, 0.3) is 0 Å². The SMILES string of the molecule is CCNC(=O)CCNCc1cc(F)cc(Br)c1. The lowest BCUT2D eigenvalue weighted by Gasteiger charge is -2.06. The largest absolute Gasteiger partial charge is 0.356 e. The molecule has 94 valence electrons. The van der Waals surface area contributed by atoms with Crippen molar-refractivity contribution >= 4 is 21.8 Å². The lowest BCUT2D eigenvalue weighted by Crippen LogP contribution is -2.27. The van der Waals surface area contributed by atoms with E-state index in [1.807, 2.05) is 13.0 Å². The second-order valence-electron chi connectivity index (χ2n) is 3.66. The summed E-state index contributed by atoms with van der Waals surface area (Å²) in [7, 11) is 0. The Bertz CT molecular complexity index is 365. The Kier molecular flexibility index (Phi) is 6.15. The van der Waals surface area contributed by atoms with Crippen LogP contribution in [0.15, 0.2) is 22.7 Å². The van der Waals surface area contributed by atoms with Crippen molar-refractivity contribution in [3.05, 3.63) is 34.1 Å². The Labute approximate surface area is 109 Å². The summed E-state index contributed by atoms with van der Waals surface area (Å²) in [4.78, 5) is 11.1. The molecule has 5 heteroatoms. The van der Waals surface area contributed by atoms with E-state index in [1.54, 1.807) is 0 Å². The summed E-state index contributed by atoms with van der Waals surface area (Å²) < 4.78 is 13.8. The summed E-state index contributed by atoms with van der Waals surface area (Å²) in [6.45, 7) is 3.67. The standard InChI is InChI=1S/C12H16BrFN2O/c1-2-16-12(17)3-4-15-8-9-5-10(13)7-11(14)6-9/h5-7,15H,2-4,8H2,1H3,(H,16,17). The average molecular weight is 303 g/mol. The minimum absolute atomic E-state index is 0.0282. The smallest absolute Gasteiger partial charge is 0.221 e. The van der Waals surface area contributed by atoms with E-state index in [-0.39, 0.29) is 11.7 Å². The fourth-order valence-electron chi connectivity index (χ4n) is 1.43. The predicted molar refractivity (Wildman–Crippen MR) is 69.1 cm³/mol. The molecule has 0 heterocycles. The summed E-state index contributed by atoms with van der Waals surface area (Å²) in [5.74, 6) is -0.236. The third kappa shape index (κ3) is 5.79. The molecule has 1 rings (SSSR count). The summed E-state index contributed by atoms with van der Waals surface area (Å²) in [5, 5.41) is 5.81. The summed E-state index contributed by atoms with van der Waals surface area (Å²) >= 11 is 3.23. The van der Waals surface area contributed by atoms with Crippen molar-refractivity contribution in [1.29, 1.82) is 0 Å². The van der Waals surface area contributed by atoms with Gasteiger partial charge in [-0.25, -0.2) is 4.39 Å². The number of carbonyl (C=O) groups excluding carboxylic acids is 1. The fourth-order valence-corrected chi connectivity index (χ4v) is 1.95. The van der Waals surface area contributed by atoms with Gasteiger partial charge in [0, 0.05) is 30.5 Å². The lowest BCUT2D eigenvalue weighted by atomic mass is 10.2. The number of rotatable bonds is 6. The molecular formula is C12H16BrFN2O. The van der Waals surface area contributed by atoms with Crippen LogP contribution in [0.5, 0.6) is 0 Å². The normalized spacial score (nSPS) is 10.3. The van der Waals surface area contributed by atoms with Crippen LogP contribution in [-0.2, 0) is 11.3 Å². The Morgan fingerprint density at radius 1 is 1.41 bits per heavy atom. The minimum atomic E-state index is -0.264. The van der Waals surface area contributed by atoms with E-state index in [1.165, 1.54) is 12.1 Å². The van der Waals surface area contributed by atoms with Crippen molar-refractivity contribution in [2.24, 2.45) is 0 Å². The molecular weight excluding hydrogens is 287 g/mol.